The predicted molar refractivity (Wildman–Crippen MR) is 68.6 cm³/mol. The zero-order chi connectivity index (χ0) is 12.0. The highest BCUT2D eigenvalue weighted by molar-refractivity contribution is 7.09. The number of aromatic nitrogens is 1. The van der Waals surface area contributed by atoms with Crippen molar-refractivity contribution in [3.05, 3.63) is 16.1 Å². The Kier molecular flexibility index (Phi) is 5.95. The van der Waals surface area contributed by atoms with Gasteiger partial charge in [0.25, 0.3) is 0 Å². The third-order valence-electron chi connectivity index (χ3n) is 2.25. The van der Waals surface area contributed by atoms with Gasteiger partial charge in [-0.3, -0.25) is 0 Å². The van der Waals surface area contributed by atoms with E-state index in [2.05, 4.69) is 36.5 Å². The highest BCUT2D eigenvalue weighted by atomic mass is 32.1. The maximum atomic E-state index is 5.75. The summed E-state index contributed by atoms with van der Waals surface area (Å²) in [5.41, 5.74) is 1.05. The van der Waals surface area contributed by atoms with Crippen LogP contribution in [0.1, 0.15) is 37.9 Å². The molecule has 0 aliphatic carbocycles. The second-order valence-corrected chi connectivity index (χ2v) is 5.46. The Balaban J connectivity index is 2.30. The summed E-state index contributed by atoms with van der Waals surface area (Å²) in [6, 6.07) is 0. The van der Waals surface area contributed by atoms with Crippen molar-refractivity contribution in [3.8, 4) is 0 Å². The quantitative estimate of drug-likeness (QED) is 0.798. The fourth-order valence-electron chi connectivity index (χ4n) is 1.61. The first-order chi connectivity index (χ1) is 7.61. The number of hydrogen-bond donors (Lipinski definition) is 1. The van der Waals surface area contributed by atoms with E-state index in [1.807, 2.05) is 7.05 Å². The Morgan fingerprint density at radius 1 is 1.44 bits per heavy atom. The summed E-state index contributed by atoms with van der Waals surface area (Å²) in [7, 11) is 1.93. The number of ether oxygens (including phenoxy) is 1. The van der Waals surface area contributed by atoms with E-state index in [1.54, 1.807) is 11.3 Å². The Morgan fingerprint density at radius 2 is 2.19 bits per heavy atom. The van der Waals surface area contributed by atoms with Crippen molar-refractivity contribution in [2.45, 2.75) is 46.4 Å². The molecule has 1 aromatic heterocycles. The normalized spacial score (nSPS) is 13.3. The van der Waals surface area contributed by atoms with Gasteiger partial charge in [0.15, 0.2) is 0 Å². The predicted octanol–water partition coefficient (Wildman–Crippen LogP) is 2.81. The zero-order valence-electron chi connectivity index (χ0n) is 10.6. The van der Waals surface area contributed by atoms with Gasteiger partial charge in [-0.15, -0.1) is 11.3 Å². The number of thiazole rings is 1. The Labute approximate surface area is 102 Å². The molecule has 0 bridgehead atoms. The third-order valence-corrected chi connectivity index (χ3v) is 3.14. The molecule has 92 valence electrons. The van der Waals surface area contributed by atoms with Gasteiger partial charge in [0.05, 0.1) is 18.4 Å². The van der Waals surface area contributed by atoms with Gasteiger partial charge in [-0.05, 0) is 26.3 Å². The zero-order valence-corrected chi connectivity index (χ0v) is 11.4. The van der Waals surface area contributed by atoms with Gasteiger partial charge >= 0.3 is 0 Å². The third kappa shape index (κ3) is 5.05. The van der Waals surface area contributed by atoms with Crippen LogP contribution in [-0.4, -0.2) is 18.1 Å². The molecule has 0 fully saturated rings. The van der Waals surface area contributed by atoms with Crippen molar-refractivity contribution in [2.24, 2.45) is 5.92 Å². The monoisotopic (exact) mass is 242 g/mol. The van der Waals surface area contributed by atoms with E-state index in [1.165, 1.54) is 0 Å². The van der Waals surface area contributed by atoms with Crippen molar-refractivity contribution in [1.29, 1.82) is 0 Å². The van der Waals surface area contributed by atoms with Gasteiger partial charge in [0, 0.05) is 11.9 Å². The molecular weight excluding hydrogens is 220 g/mol. The molecule has 1 aromatic rings. The fourth-order valence-corrected chi connectivity index (χ4v) is 2.40. The molecule has 0 aliphatic heterocycles. The maximum absolute atomic E-state index is 5.75. The molecule has 0 radical (unpaired) electrons. The summed E-state index contributed by atoms with van der Waals surface area (Å²) < 4.78 is 5.75. The second kappa shape index (κ2) is 6.99. The average Bonchev–Trinajstić information content (AvgIpc) is 2.62. The Bertz CT molecular complexity index is 299. The van der Waals surface area contributed by atoms with Crippen LogP contribution in [0.25, 0.3) is 0 Å². The summed E-state index contributed by atoms with van der Waals surface area (Å²) in [5.74, 6) is 0.685. The molecule has 1 rings (SSSR count). The average molecular weight is 242 g/mol. The van der Waals surface area contributed by atoms with Crippen LogP contribution >= 0.6 is 11.3 Å². The molecule has 1 heterocycles. The molecule has 16 heavy (non-hydrogen) atoms. The van der Waals surface area contributed by atoms with Crippen molar-refractivity contribution < 1.29 is 4.74 Å². The van der Waals surface area contributed by atoms with Crippen molar-refractivity contribution in [1.82, 2.24) is 10.3 Å². The van der Waals surface area contributed by atoms with Crippen molar-refractivity contribution in [2.75, 3.05) is 7.05 Å². The molecule has 0 spiro atoms. The lowest BCUT2D eigenvalue weighted by Gasteiger charge is -2.14. The summed E-state index contributed by atoms with van der Waals surface area (Å²) in [6.45, 7) is 8.03. The SMILES string of the molecule is CNCc1nc(COC(C)CC(C)C)cs1. The van der Waals surface area contributed by atoms with Crippen LogP contribution in [0.2, 0.25) is 0 Å². The fraction of sp³-hybridized carbons (Fsp3) is 0.750. The molecule has 4 heteroatoms. The first-order valence-electron chi connectivity index (χ1n) is 5.81. The second-order valence-electron chi connectivity index (χ2n) is 4.51. The van der Waals surface area contributed by atoms with Crippen LogP contribution in [0, 0.1) is 5.92 Å². The van der Waals surface area contributed by atoms with Crippen LogP contribution in [0.4, 0.5) is 0 Å². The van der Waals surface area contributed by atoms with E-state index in [9.17, 15) is 0 Å². The van der Waals surface area contributed by atoms with Crippen LogP contribution < -0.4 is 5.32 Å². The molecule has 0 aromatic carbocycles. The van der Waals surface area contributed by atoms with Gasteiger partial charge in [0.2, 0.25) is 0 Å². The topological polar surface area (TPSA) is 34.2 Å². The van der Waals surface area contributed by atoms with Crippen molar-refractivity contribution in [3.63, 3.8) is 0 Å². The molecule has 1 unspecified atom stereocenters. The lowest BCUT2D eigenvalue weighted by Crippen LogP contribution is -2.11. The molecule has 0 saturated carbocycles. The standard InChI is InChI=1S/C12H22N2OS/c1-9(2)5-10(3)15-7-11-8-16-12(14-11)6-13-4/h8-10,13H,5-7H2,1-4H3. The van der Waals surface area contributed by atoms with Gasteiger partial charge in [0.1, 0.15) is 5.01 Å². The summed E-state index contributed by atoms with van der Waals surface area (Å²) in [5, 5.41) is 6.30. The molecule has 1 N–H and O–H groups in total. The lowest BCUT2D eigenvalue weighted by atomic mass is 10.1. The minimum absolute atomic E-state index is 0.314. The number of nitrogens with zero attached hydrogens (tertiary/aromatic N) is 1. The van der Waals surface area contributed by atoms with Crippen LogP contribution in [0.3, 0.4) is 0 Å². The smallest absolute Gasteiger partial charge is 0.107 e. The molecule has 1 atom stereocenters. The van der Waals surface area contributed by atoms with E-state index >= 15 is 0 Å². The number of nitrogens with one attached hydrogen (secondary N) is 1. The van der Waals surface area contributed by atoms with E-state index in [0.29, 0.717) is 18.6 Å². The van der Waals surface area contributed by atoms with Crippen LogP contribution in [-0.2, 0) is 17.9 Å². The van der Waals surface area contributed by atoms with E-state index in [4.69, 9.17) is 4.74 Å². The molecule has 0 aliphatic rings. The van der Waals surface area contributed by atoms with E-state index < -0.39 is 0 Å². The highest BCUT2D eigenvalue weighted by Gasteiger charge is 2.07. The number of rotatable bonds is 7. The Morgan fingerprint density at radius 3 is 2.81 bits per heavy atom. The molecule has 0 amide bonds. The summed E-state index contributed by atoms with van der Waals surface area (Å²) >= 11 is 1.69. The van der Waals surface area contributed by atoms with Gasteiger partial charge in [-0.1, -0.05) is 13.8 Å². The molecule has 0 saturated heterocycles. The molecular formula is C12H22N2OS. The molecule has 3 nitrogen and oxygen atoms in total. The van der Waals surface area contributed by atoms with Gasteiger partial charge in [-0.25, -0.2) is 4.98 Å². The summed E-state index contributed by atoms with van der Waals surface area (Å²) in [4.78, 5) is 4.48. The van der Waals surface area contributed by atoms with Crippen molar-refractivity contribution >= 4 is 11.3 Å². The minimum Gasteiger partial charge on any atom is -0.372 e. The van der Waals surface area contributed by atoms with Crippen LogP contribution in [0.15, 0.2) is 5.38 Å². The largest absolute Gasteiger partial charge is 0.372 e. The first kappa shape index (κ1) is 13.6. The van der Waals surface area contributed by atoms with Crippen LogP contribution in [0.5, 0.6) is 0 Å². The van der Waals surface area contributed by atoms with Gasteiger partial charge in [-0.2, -0.15) is 0 Å². The van der Waals surface area contributed by atoms with E-state index in [0.717, 1.165) is 23.7 Å². The van der Waals surface area contributed by atoms with E-state index in [-0.39, 0.29) is 0 Å². The summed E-state index contributed by atoms with van der Waals surface area (Å²) in [6.07, 6.45) is 1.42. The maximum Gasteiger partial charge on any atom is 0.107 e. The highest BCUT2D eigenvalue weighted by Crippen LogP contribution is 2.13. The number of hydrogen-bond acceptors (Lipinski definition) is 4. The minimum atomic E-state index is 0.314. The first-order valence-corrected chi connectivity index (χ1v) is 6.69. The van der Waals surface area contributed by atoms with Gasteiger partial charge < -0.3 is 10.1 Å². The lowest BCUT2D eigenvalue weighted by molar-refractivity contribution is 0.0381. The Hall–Kier alpha value is -0.450.